The molecule has 0 spiro atoms. The fraction of sp³-hybridized carbons (Fsp3) is 0.414. The number of carboxylic acids is 2. The van der Waals surface area contributed by atoms with Crippen LogP contribution in [-0.4, -0.2) is 64.2 Å². The number of alkyl carbamates (subject to hydrolysis) is 1. The van der Waals surface area contributed by atoms with Crippen molar-refractivity contribution in [3.8, 4) is 5.75 Å². The van der Waals surface area contributed by atoms with Gasteiger partial charge in [0.05, 0.1) is 18.7 Å². The molecule has 1 aliphatic rings. The SMILES string of the molecule is CC(C)(C)OC(=O)N[C@@H](Cc1ccccc1)C(NC(CO)Cc1ccc(OCC(=O)O)c(C(=O)O)c1)=C1CC1. The second kappa shape index (κ2) is 13.1. The van der Waals surface area contributed by atoms with E-state index in [4.69, 9.17) is 14.6 Å². The van der Waals surface area contributed by atoms with Gasteiger partial charge in [-0.1, -0.05) is 36.4 Å². The number of aliphatic carboxylic acids is 1. The maximum Gasteiger partial charge on any atom is 0.408 e. The standard InChI is InChI=1S/C29H36N2O8/c1-29(2,3)39-28(37)31-23(15-18-7-5-4-6-8-18)26(20-10-11-20)30-21(16-32)13-19-9-12-24(38-17-25(33)34)22(14-19)27(35)36/h4-9,12,14,21,23,30,32H,10-11,13,15-17H2,1-3H3,(H,31,37)(H,33,34)(H,35,36)/t21?,23-/m0/s1. The molecule has 1 unspecified atom stereocenters. The van der Waals surface area contributed by atoms with Crippen molar-refractivity contribution in [2.75, 3.05) is 13.2 Å². The lowest BCUT2D eigenvalue weighted by atomic mass is 9.99. The second-order valence-electron chi connectivity index (χ2n) is 10.5. The number of hydrogen-bond acceptors (Lipinski definition) is 7. The highest BCUT2D eigenvalue weighted by Crippen LogP contribution is 2.33. The van der Waals surface area contributed by atoms with Crippen LogP contribution in [0.4, 0.5) is 4.79 Å². The summed E-state index contributed by atoms with van der Waals surface area (Å²) in [6.45, 7) is 4.47. The van der Waals surface area contributed by atoms with Gasteiger partial charge in [0.15, 0.2) is 6.61 Å². The number of aliphatic hydroxyl groups excluding tert-OH is 1. The van der Waals surface area contributed by atoms with E-state index in [2.05, 4.69) is 10.6 Å². The van der Waals surface area contributed by atoms with E-state index in [1.165, 1.54) is 12.1 Å². The first-order chi connectivity index (χ1) is 18.4. The number of aromatic carboxylic acids is 1. The molecule has 3 rings (SSSR count). The number of carbonyl (C=O) groups is 3. The fourth-order valence-electron chi connectivity index (χ4n) is 4.11. The van der Waals surface area contributed by atoms with E-state index in [-0.39, 0.29) is 24.3 Å². The largest absolute Gasteiger partial charge is 0.481 e. The summed E-state index contributed by atoms with van der Waals surface area (Å²) in [5, 5.41) is 35.1. The number of aliphatic hydroxyl groups is 1. The summed E-state index contributed by atoms with van der Waals surface area (Å²) < 4.78 is 10.6. The minimum absolute atomic E-state index is 0.0487. The quantitative estimate of drug-likeness (QED) is 0.257. The van der Waals surface area contributed by atoms with E-state index in [0.717, 1.165) is 29.7 Å². The zero-order valence-corrected chi connectivity index (χ0v) is 22.4. The molecule has 10 nitrogen and oxygen atoms in total. The third-order valence-electron chi connectivity index (χ3n) is 5.89. The van der Waals surface area contributed by atoms with Crippen molar-refractivity contribution in [2.45, 2.75) is 64.1 Å². The summed E-state index contributed by atoms with van der Waals surface area (Å²) in [5.74, 6) is -2.52. The molecule has 0 aliphatic heterocycles. The first kappa shape index (κ1) is 29.5. The number of amides is 1. The molecule has 1 aliphatic carbocycles. The Morgan fingerprint density at radius 1 is 0.949 bits per heavy atom. The monoisotopic (exact) mass is 540 g/mol. The van der Waals surface area contributed by atoms with Crippen LogP contribution < -0.4 is 15.4 Å². The van der Waals surface area contributed by atoms with Gasteiger partial charge in [0.1, 0.15) is 16.9 Å². The molecule has 2 aromatic carbocycles. The van der Waals surface area contributed by atoms with Crippen molar-refractivity contribution < 1.29 is 39.2 Å². The lowest BCUT2D eigenvalue weighted by Crippen LogP contribution is -2.47. The molecule has 0 saturated heterocycles. The maximum atomic E-state index is 12.7. The minimum atomic E-state index is -1.25. The average molecular weight is 541 g/mol. The van der Waals surface area contributed by atoms with E-state index >= 15 is 0 Å². The van der Waals surface area contributed by atoms with Gasteiger partial charge >= 0.3 is 18.0 Å². The predicted molar refractivity (Wildman–Crippen MR) is 144 cm³/mol. The van der Waals surface area contributed by atoms with Crippen LogP contribution in [0.25, 0.3) is 0 Å². The Balaban J connectivity index is 1.82. The van der Waals surface area contributed by atoms with Crippen LogP contribution in [0.3, 0.4) is 0 Å². The second-order valence-corrected chi connectivity index (χ2v) is 10.5. The van der Waals surface area contributed by atoms with E-state index < -0.39 is 42.3 Å². The van der Waals surface area contributed by atoms with Gasteiger partial charge in [0.2, 0.25) is 0 Å². The predicted octanol–water partition coefficient (Wildman–Crippen LogP) is 3.53. The maximum absolute atomic E-state index is 12.7. The fourth-order valence-corrected chi connectivity index (χ4v) is 4.11. The molecule has 1 saturated carbocycles. The lowest BCUT2D eigenvalue weighted by molar-refractivity contribution is -0.139. The number of ether oxygens (including phenoxy) is 2. The van der Waals surface area contributed by atoms with Gasteiger partial charge < -0.3 is 35.4 Å². The highest BCUT2D eigenvalue weighted by Gasteiger charge is 2.29. The Bertz CT molecular complexity index is 1200. The zero-order valence-electron chi connectivity index (χ0n) is 22.4. The number of rotatable bonds is 13. The number of carboxylic acid groups (broad SMARTS) is 2. The molecular formula is C29H36N2O8. The first-order valence-corrected chi connectivity index (χ1v) is 12.8. The third-order valence-corrected chi connectivity index (χ3v) is 5.89. The van der Waals surface area contributed by atoms with Crippen LogP contribution in [0.15, 0.2) is 59.8 Å². The molecule has 0 heterocycles. The van der Waals surface area contributed by atoms with Crippen LogP contribution >= 0.6 is 0 Å². The highest BCUT2D eigenvalue weighted by molar-refractivity contribution is 5.91. The Morgan fingerprint density at radius 3 is 2.21 bits per heavy atom. The van der Waals surface area contributed by atoms with Crippen LogP contribution in [0.5, 0.6) is 5.75 Å². The molecule has 5 N–H and O–H groups in total. The summed E-state index contributed by atoms with van der Waals surface area (Å²) in [4.78, 5) is 35.3. The van der Waals surface area contributed by atoms with Crippen molar-refractivity contribution >= 4 is 18.0 Å². The summed E-state index contributed by atoms with van der Waals surface area (Å²) in [6, 6.07) is 13.3. The third kappa shape index (κ3) is 9.64. The average Bonchev–Trinajstić information content (AvgIpc) is 3.70. The first-order valence-electron chi connectivity index (χ1n) is 12.8. The van der Waals surface area contributed by atoms with Crippen LogP contribution in [-0.2, 0) is 22.4 Å². The summed E-state index contributed by atoms with van der Waals surface area (Å²) in [5.41, 5.74) is 2.74. The molecule has 0 bridgehead atoms. The van der Waals surface area contributed by atoms with Gasteiger partial charge in [-0.15, -0.1) is 0 Å². The Kier molecular flexibility index (Phi) is 9.95. The molecule has 10 heteroatoms. The number of nitrogens with one attached hydrogen (secondary N) is 2. The zero-order chi connectivity index (χ0) is 28.6. The topological polar surface area (TPSA) is 154 Å². The Labute approximate surface area is 227 Å². The number of allylic oxidation sites excluding steroid dienone is 1. The summed E-state index contributed by atoms with van der Waals surface area (Å²) >= 11 is 0. The molecule has 2 aromatic rings. The van der Waals surface area contributed by atoms with Gasteiger partial charge in [0, 0.05) is 5.70 Å². The van der Waals surface area contributed by atoms with Crippen molar-refractivity contribution in [3.05, 3.63) is 76.5 Å². The summed E-state index contributed by atoms with van der Waals surface area (Å²) in [6.07, 6.45) is 1.95. The molecule has 210 valence electrons. The van der Waals surface area contributed by atoms with E-state index in [9.17, 15) is 24.6 Å². The molecule has 1 amide bonds. The molecule has 0 radical (unpaired) electrons. The van der Waals surface area contributed by atoms with Gasteiger partial charge in [-0.3, -0.25) is 0 Å². The molecule has 39 heavy (non-hydrogen) atoms. The lowest BCUT2D eigenvalue weighted by Gasteiger charge is -2.29. The molecule has 2 atom stereocenters. The number of carbonyl (C=O) groups excluding carboxylic acids is 1. The van der Waals surface area contributed by atoms with Crippen molar-refractivity contribution in [1.29, 1.82) is 0 Å². The van der Waals surface area contributed by atoms with Crippen LogP contribution in [0, 0.1) is 0 Å². The normalized spacial score (nSPS) is 14.1. The minimum Gasteiger partial charge on any atom is -0.481 e. The Morgan fingerprint density at radius 2 is 1.64 bits per heavy atom. The number of benzene rings is 2. The van der Waals surface area contributed by atoms with Gasteiger partial charge in [0.25, 0.3) is 0 Å². The van der Waals surface area contributed by atoms with E-state index in [1.54, 1.807) is 26.8 Å². The smallest absolute Gasteiger partial charge is 0.408 e. The summed E-state index contributed by atoms with van der Waals surface area (Å²) in [7, 11) is 0. The van der Waals surface area contributed by atoms with Crippen LogP contribution in [0.1, 0.15) is 55.1 Å². The molecule has 0 aromatic heterocycles. The molecule has 1 fully saturated rings. The Hall–Kier alpha value is -4.05. The molecular weight excluding hydrogens is 504 g/mol. The van der Waals surface area contributed by atoms with E-state index in [0.29, 0.717) is 12.0 Å². The van der Waals surface area contributed by atoms with Gasteiger partial charge in [-0.2, -0.15) is 0 Å². The van der Waals surface area contributed by atoms with Crippen molar-refractivity contribution in [2.24, 2.45) is 0 Å². The van der Waals surface area contributed by atoms with Crippen molar-refractivity contribution in [3.63, 3.8) is 0 Å². The number of hydrogen-bond donors (Lipinski definition) is 5. The highest BCUT2D eigenvalue weighted by atomic mass is 16.6. The van der Waals surface area contributed by atoms with Crippen molar-refractivity contribution in [1.82, 2.24) is 10.6 Å². The van der Waals surface area contributed by atoms with E-state index in [1.807, 2.05) is 30.3 Å². The van der Waals surface area contributed by atoms with Gasteiger partial charge in [-0.05, 0) is 75.3 Å². The van der Waals surface area contributed by atoms with Gasteiger partial charge in [-0.25, -0.2) is 14.4 Å². The van der Waals surface area contributed by atoms with Crippen LogP contribution in [0.2, 0.25) is 0 Å².